The number of aromatic amines is 1. The molecule has 1 aromatic carbocycles. The molecule has 0 spiro atoms. The van der Waals surface area contributed by atoms with Gasteiger partial charge in [0.1, 0.15) is 0 Å². The summed E-state index contributed by atoms with van der Waals surface area (Å²) in [6.07, 6.45) is 1.72. The average Bonchev–Trinajstić information content (AvgIpc) is 2.84. The average molecular weight is 256 g/mol. The Morgan fingerprint density at radius 3 is 2.89 bits per heavy atom. The van der Waals surface area contributed by atoms with Gasteiger partial charge in [-0.25, -0.2) is 4.79 Å². The molecule has 3 N–H and O–H groups in total. The fraction of sp³-hybridized carbons (Fsp3) is 0.143. The van der Waals surface area contributed by atoms with Crippen LogP contribution < -0.4 is 5.73 Å². The summed E-state index contributed by atoms with van der Waals surface area (Å²) < 4.78 is 4.74. The molecule has 0 atom stereocenters. The molecule has 2 aromatic rings. The van der Waals surface area contributed by atoms with Crippen LogP contribution in [-0.2, 0) is 9.53 Å². The first kappa shape index (κ1) is 12.7. The molecular formula is C14H12N2O3. The van der Waals surface area contributed by atoms with Crippen LogP contribution in [-0.4, -0.2) is 24.0 Å². The third-order valence-electron chi connectivity index (χ3n) is 2.57. The van der Waals surface area contributed by atoms with Crippen molar-refractivity contribution in [3.63, 3.8) is 0 Å². The molecule has 1 aromatic heterocycles. The number of primary amides is 1. The highest BCUT2D eigenvalue weighted by Gasteiger charge is 2.12. The topological polar surface area (TPSA) is 85.2 Å². The van der Waals surface area contributed by atoms with Crippen LogP contribution in [0.3, 0.4) is 0 Å². The van der Waals surface area contributed by atoms with Crippen LogP contribution in [0.4, 0.5) is 0 Å². The van der Waals surface area contributed by atoms with Crippen LogP contribution in [0.1, 0.15) is 22.3 Å². The van der Waals surface area contributed by atoms with E-state index in [9.17, 15) is 9.59 Å². The molecule has 5 nitrogen and oxygen atoms in total. The lowest BCUT2D eigenvalue weighted by atomic mass is 10.1. The summed E-state index contributed by atoms with van der Waals surface area (Å²) in [5, 5.41) is 0.771. The van der Waals surface area contributed by atoms with Gasteiger partial charge >= 0.3 is 5.97 Å². The zero-order chi connectivity index (χ0) is 13.8. The van der Waals surface area contributed by atoms with Crippen LogP contribution in [0, 0.1) is 11.8 Å². The molecule has 2 rings (SSSR count). The number of amides is 1. The van der Waals surface area contributed by atoms with E-state index in [4.69, 9.17) is 10.5 Å². The molecular weight excluding hydrogens is 244 g/mol. The number of fused-ring (bicyclic) bond motifs is 1. The molecule has 0 saturated heterocycles. The minimum atomic E-state index is -0.485. The molecule has 1 amide bonds. The van der Waals surface area contributed by atoms with Gasteiger partial charge in [0, 0.05) is 22.7 Å². The number of carbonyl (C=O) groups excluding carboxylic acids is 2. The van der Waals surface area contributed by atoms with Crippen molar-refractivity contribution in [2.45, 2.75) is 6.42 Å². The van der Waals surface area contributed by atoms with E-state index in [0.29, 0.717) is 11.1 Å². The second kappa shape index (κ2) is 5.27. The zero-order valence-electron chi connectivity index (χ0n) is 10.3. The van der Waals surface area contributed by atoms with Gasteiger partial charge in [0.05, 0.1) is 19.1 Å². The van der Waals surface area contributed by atoms with Crippen LogP contribution in [0.5, 0.6) is 0 Å². The third kappa shape index (κ3) is 2.75. The lowest BCUT2D eigenvalue weighted by molar-refractivity contribution is -0.117. The minimum absolute atomic E-state index is 0.0175. The molecule has 19 heavy (non-hydrogen) atoms. The highest BCUT2D eigenvalue weighted by atomic mass is 16.5. The predicted octanol–water partition coefficient (Wildman–Crippen LogP) is 1.18. The van der Waals surface area contributed by atoms with Crippen LogP contribution in [0.25, 0.3) is 10.9 Å². The van der Waals surface area contributed by atoms with Crippen molar-refractivity contribution in [3.8, 4) is 11.8 Å². The normalized spacial score (nSPS) is 9.74. The Labute approximate surface area is 109 Å². The number of carbonyl (C=O) groups is 2. The fourth-order valence-corrected chi connectivity index (χ4v) is 1.75. The number of rotatable bonds is 2. The van der Waals surface area contributed by atoms with Crippen molar-refractivity contribution in [2.75, 3.05) is 7.11 Å². The predicted molar refractivity (Wildman–Crippen MR) is 70.3 cm³/mol. The van der Waals surface area contributed by atoms with Gasteiger partial charge in [0.2, 0.25) is 5.91 Å². The van der Waals surface area contributed by atoms with E-state index in [-0.39, 0.29) is 6.42 Å². The maximum atomic E-state index is 11.7. The molecule has 5 heteroatoms. The van der Waals surface area contributed by atoms with Crippen molar-refractivity contribution in [1.82, 2.24) is 4.98 Å². The number of ether oxygens (including phenoxy) is 1. The fourth-order valence-electron chi connectivity index (χ4n) is 1.75. The second-order valence-electron chi connectivity index (χ2n) is 3.90. The summed E-state index contributed by atoms with van der Waals surface area (Å²) in [4.78, 5) is 25.3. The van der Waals surface area contributed by atoms with E-state index >= 15 is 0 Å². The van der Waals surface area contributed by atoms with Crippen LogP contribution >= 0.6 is 0 Å². The minimum Gasteiger partial charge on any atom is -0.465 e. The van der Waals surface area contributed by atoms with E-state index < -0.39 is 11.9 Å². The number of nitrogens with one attached hydrogen (secondary N) is 1. The van der Waals surface area contributed by atoms with Crippen molar-refractivity contribution in [2.24, 2.45) is 5.73 Å². The first-order valence-corrected chi connectivity index (χ1v) is 5.58. The number of aromatic nitrogens is 1. The largest absolute Gasteiger partial charge is 0.465 e. The Bertz CT molecular complexity index is 704. The number of H-pyrrole nitrogens is 1. The monoisotopic (exact) mass is 256 g/mol. The molecule has 0 aliphatic heterocycles. The van der Waals surface area contributed by atoms with Gasteiger partial charge in [0.15, 0.2) is 0 Å². The smallest absolute Gasteiger partial charge is 0.338 e. The quantitative estimate of drug-likeness (QED) is 0.625. The lowest BCUT2D eigenvalue weighted by Gasteiger charge is -2.02. The van der Waals surface area contributed by atoms with Crippen molar-refractivity contribution >= 4 is 22.8 Å². The van der Waals surface area contributed by atoms with Gasteiger partial charge in [-0.3, -0.25) is 4.79 Å². The lowest BCUT2D eigenvalue weighted by Crippen LogP contribution is -2.08. The van der Waals surface area contributed by atoms with Gasteiger partial charge in [0.25, 0.3) is 0 Å². The van der Waals surface area contributed by atoms with Gasteiger partial charge in [-0.2, -0.15) is 0 Å². The summed E-state index contributed by atoms with van der Waals surface area (Å²) in [5.41, 5.74) is 6.85. The summed E-state index contributed by atoms with van der Waals surface area (Å²) in [6.45, 7) is 0. The molecule has 0 aliphatic rings. The van der Waals surface area contributed by atoms with Gasteiger partial charge < -0.3 is 15.5 Å². The summed E-state index contributed by atoms with van der Waals surface area (Å²) in [7, 11) is 1.33. The Kier molecular flexibility index (Phi) is 3.53. The Hall–Kier alpha value is -2.74. The molecule has 0 aliphatic carbocycles. The molecule has 0 bridgehead atoms. The molecule has 0 saturated carbocycles. The standard InChI is InChI=1S/C14H12N2O3/c1-19-14(18)11-7-9(3-2-4-13(15)17)8-12-10(11)5-6-16-12/h5-8,16H,4H2,1H3,(H2,15,17). The van der Waals surface area contributed by atoms with Gasteiger partial charge in [-0.05, 0) is 18.2 Å². The Morgan fingerprint density at radius 2 is 2.21 bits per heavy atom. The number of hydrogen-bond donors (Lipinski definition) is 2. The summed E-state index contributed by atoms with van der Waals surface area (Å²) in [5.74, 6) is 4.54. The second-order valence-corrected chi connectivity index (χ2v) is 3.90. The maximum Gasteiger partial charge on any atom is 0.338 e. The molecule has 1 heterocycles. The Balaban J connectivity index is 2.48. The van der Waals surface area contributed by atoms with E-state index in [1.54, 1.807) is 24.4 Å². The van der Waals surface area contributed by atoms with E-state index in [1.165, 1.54) is 7.11 Å². The highest BCUT2D eigenvalue weighted by Crippen LogP contribution is 2.20. The van der Waals surface area contributed by atoms with Gasteiger partial charge in [-0.1, -0.05) is 11.8 Å². The molecule has 96 valence electrons. The summed E-state index contributed by atoms with van der Waals surface area (Å²) in [6, 6.07) is 5.23. The summed E-state index contributed by atoms with van der Waals surface area (Å²) >= 11 is 0. The molecule has 0 radical (unpaired) electrons. The SMILES string of the molecule is COC(=O)c1cc(C#CCC(N)=O)cc2[nH]ccc12. The third-order valence-corrected chi connectivity index (χ3v) is 2.57. The van der Waals surface area contributed by atoms with Crippen molar-refractivity contribution in [1.29, 1.82) is 0 Å². The van der Waals surface area contributed by atoms with E-state index in [0.717, 1.165) is 10.9 Å². The number of benzene rings is 1. The number of hydrogen-bond acceptors (Lipinski definition) is 3. The first-order chi connectivity index (χ1) is 9.11. The number of methoxy groups -OCH3 is 1. The van der Waals surface area contributed by atoms with E-state index in [1.807, 2.05) is 0 Å². The van der Waals surface area contributed by atoms with E-state index in [2.05, 4.69) is 16.8 Å². The number of esters is 1. The molecule has 0 unspecified atom stereocenters. The zero-order valence-corrected chi connectivity index (χ0v) is 10.3. The first-order valence-electron chi connectivity index (χ1n) is 5.58. The number of nitrogens with two attached hydrogens (primary N) is 1. The van der Waals surface area contributed by atoms with Crippen LogP contribution in [0.15, 0.2) is 24.4 Å². The van der Waals surface area contributed by atoms with Crippen molar-refractivity contribution < 1.29 is 14.3 Å². The van der Waals surface area contributed by atoms with Gasteiger partial charge in [-0.15, -0.1) is 0 Å². The Morgan fingerprint density at radius 1 is 1.42 bits per heavy atom. The van der Waals surface area contributed by atoms with Crippen LogP contribution in [0.2, 0.25) is 0 Å². The molecule has 0 fully saturated rings. The highest BCUT2D eigenvalue weighted by molar-refractivity contribution is 6.04. The van der Waals surface area contributed by atoms with Crippen molar-refractivity contribution in [3.05, 3.63) is 35.5 Å². The maximum absolute atomic E-state index is 11.7.